The molecular formula is C24H34IN3O4. The molecule has 0 aromatic heterocycles. The topological polar surface area (TPSA) is 84.3 Å². The number of aliphatic imine (C=N–C) groups is 1. The van der Waals surface area contributed by atoms with Gasteiger partial charge in [0.25, 0.3) is 0 Å². The Morgan fingerprint density at radius 1 is 1.06 bits per heavy atom. The van der Waals surface area contributed by atoms with Crippen molar-refractivity contribution < 1.29 is 19.3 Å². The van der Waals surface area contributed by atoms with Crippen LogP contribution < -0.4 is 24.8 Å². The average molecular weight is 555 g/mol. The third-order valence-electron chi connectivity index (χ3n) is 4.68. The van der Waals surface area contributed by atoms with Gasteiger partial charge in [0.15, 0.2) is 17.5 Å². The van der Waals surface area contributed by atoms with Crippen LogP contribution in [0.4, 0.5) is 0 Å². The van der Waals surface area contributed by atoms with Crippen molar-refractivity contribution >= 4 is 29.9 Å². The smallest absolute Gasteiger partial charge is 0.191 e. The van der Waals surface area contributed by atoms with Crippen molar-refractivity contribution in [1.29, 1.82) is 0 Å². The number of guanidine groups is 1. The maximum Gasteiger partial charge on any atom is 0.191 e. The van der Waals surface area contributed by atoms with E-state index in [1.165, 1.54) is 0 Å². The maximum atomic E-state index is 10.5. The first-order valence-corrected chi connectivity index (χ1v) is 10.9. The number of aliphatic hydroxyl groups excluding tert-OH is 1. The lowest BCUT2D eigenvalue weighted by Crippen LogP contribution is -2.39. The number of fused-ring (bicyclic) bond motifs is 1. The molecule has 0 fully saturated rings. The van der Waals surface area contributed by atoms with Crippen molar-refractivity contribution in [1.82, 2.24) is 10.6 Å². The number of nitrogens with zero attached hydrogens (tertiary/aromatic N) is 1. The monoisotopic (exact) mass is 555 g/mol. The summed E-state index contributed by atoms with van der Waals surface area (Å²) in [6, 6.07) is 13.4. The van der Waals surface area contributed by atoms with E-state index in [0.717, 1.165) is 41.3 Å². The quantitative estimate of drug-likeness (QED) is 0.259. The maximum absolute atomic E-state index is 10.5. The first-order valence-electron chi connectivity index (χ1n) is 10.9. The molecule has 0 spiro atoms. The first-order chi connectivity index (χ1) is 15.0. The van der Waals surface area contributed by atoms with E-state index in [9.17, 15) is 5.11 Å². The third kappa shape index (κ3) is 8.05. The summed E-state index contributed by atoms with van der Waals surface area (Å²) in [4.78, 5) is 4.64. The number of ether oxygens (including phenoxy) is 3. The highest BCUT2D eigenvalue weighted by Gasteiger charge is 2.12. The van der Waals surface area contributed by atoms with Gasteiger partial charge in [-0.25, -0.2) is 4.99 Å². The highest BCUT2D eigenvalue weighted by atomic mass is 127. The molecule has 7 nitrogen and oxygen atoms in total. The van der Waals surface area contributed by atoms with Crippen molar-refractivity contribution in [3.8, 4) is 17.2 Å². The summed E-state index contributed by atoms with van der Waals surface area (Å²) < 4.78 is 17.1. The third-order valence-corrected chi connectivity index (χ3v) is 4.68. The zero-order valence-electron chi connectivity index (χ0n) is 19.0. The van der Waals surface area contributed by atoms with Gasteiger partial charge in [0, 0.05) is 19.5 Å². The second-order valence-electron chi connectivity index (χ2n) is 7.66. The van der Waals surface area contributed by atoms with Gasteiger partial charge in [-0.1, -0.05) is 18.2 Å². The van der Waals surface area contributed by atoms with Gasteiger partial charge in [0.2, 0.25) is 0 Å². The number of hydrogen-bond acceptors (Lipinski definition) is 5. The van der Waals surface area contributed by atoms with Gasteiger partial charge in [-0.05, 0) is 56.2 Å². The summed E-state index contributed by atoms with van der Waals surface area (Å²) in [5.41, 5.74) is 1.85. The van der Waals surface area contributed by atoms with E-state index >= 15 is 0 Å². The van der Waals surface area contributed by atoms with E-state index < -0.39 is 6.10 Å². The first kappa shape index (κ1) is 26.1. The van der Waals surface area contributed by atoms with Crippen molar-refractivity contribution in [2.45, 2.75) is 45.9 Å². The Morgan fingerprint density at radius 2 is 1.78 bits per heavy atom. The van der Waals surface area contributed by atoms with Crippen LogP contribution >= 0.6 is 24.0 Å². The van der Waals surface area contributed by atoms with E-state index in [0.29, 0.717) is 32.3 Å². The van der Waals surface area contributed by atoms with Crippen molar-refractivity contribution in [3.05, 3.63) is 53.6 Å². The molecule has 2 aromatic carbocycles. The molecule has 1 aliphatic rings. The minimum absolute atomic E-state index is 0. The van der Waals surface area contributed by atoms with Gasteiger partial charge in [0.1, 0.15) is 5.75 Å². The summed E-state index contributed by atoms with van der Waals surface area (Å²) in [6.45, 7) is 8.88. The van der Waals surface area contributed by atoms with Crippen LogP contribution in [0.5, 0.6) is 17.2 Å². The molecule has 1 heterocycles. The fourth-order valence-electron chi connectivity index (χ4n) is 3.17. The molecule has 1 unspecified atom stereocenters. The highest BCUT2D eigenvalue weighted by Crippen LogP contribution is 2.30. The van der Waals surface area contributed by atoms with Gasteiger partial charge in [0.05, 0.1) is 32.0 Å². The molecule has 2 aromatic rings. The Balaban J connectivity index is 0.00000363. The summed E-state index contributed by atoms with van der Waals surface area (Å²) in [5, 5.41) is 17.0. The van der Waals surface area contributed by atoms with Crippen molar-refractivity contribution in [2.24, 2.45) is 4.99 Å². The Bertz CT molecular complexity index is 859. The van der Waals surface area contributed by atoms with E-state index in [4.69, 9.17) is 14.2 Å². The standard InChI is InChI=1S/C24H33N3O4.HI/c1-4-25-24(26-15-18-6-11-22-23(14-18)30-13-5-12-29-22)27-16-21(28)19-7-9-20(10-8-19)31-17(2)3;/h6-11,14,17,21,28H,4-5,12-13,15-16H2,1-3H3,(H2,25,26,27);1H. The molecule has 0 aliphatic carbocycles. The number of aliphatic hydroxyl groups is 1. The Labute approximate surface area is 207 Å². The van der Waals surface area contributed by atoms with Crippen LogP contribution in [0.3, 0.4) is 0 Å². The fraction of sp³-hybridized carbons (Fsp3) is 0.458. The van der Waals surface area contributed by atoms with Crippen LogP contribution in [-0.4, -0.2) is 43.5 Å². The molecule has 1 aliphatic heterocycles. The summed E-state index contributed by atoms with van der Waals surface area (Å²) >= 11 is 0. The second-order valence-corrected chi connectivity index (χ2v) is 7.66. The average Bonchev–Trinajstić information content (AvgIpc) is 3.00. The molecule has 1 atom stereocenters. The summed E-state index contributed by atoms with van der Waals surface area (Å²) in [5.74, 6) is 2.99. The van der Waals surface area contributed by atoms with Crippen LogP contribution in [0.15, 0.2) is 47.5 Å². The van der Waals surface area contributed by atoms with Crippen LogP contribution in [0.2, 0.25) is 0 Å². The van der Waals surface area contributed by atoms with E-state index in [1.807, 2.05) is 63.2 Å². The minimum atomic E-state index is -0.657. The molecule has 32 heavy (non-hydrogen) atoms. The van der Waals surface area contributed by atoms with E-state index in [2.05, 4.69) is 15.6 Å². The molecule has 0 amide bonds. The van der Waals surface area contributed by atoms with Crippen LogP contribution in [-0.2, 0) is 6.54 Å². The second kappa shape index (κ2) is 13.4. The number of nitrogens with one attached hydrogen (secondary N) is 2. The molecular weight excluding hydrogens is 521 g/mol. The molecule has 0 bridgehead atoms. The van der Waals surface area contributed by atoms with E-state index in [-0.39, 0.29) is 30.1 Å². The molecule has 176 valence electrons. The lowest BCUT2D eigenvalue weighted by Gasteiger charge is -2.16. The van der Waals surface area contributed by atoms with Gasteiger partial charge in [-0.15, -0.1) is 24.0 Å². The Morgan fingerprint density at radius 3 is 2.47 bits per heavy atom. The van der Waals surface area contributed by atoms with Crippen LogP contribution in [0, 0.1) is 0 Å². The minimum Gasteiger partial charge on any atom is -0.491 e. The molecule has 3 rings (SSSR count). The predicted molar refractivity (Wildman–Crippen MR) is 137 cm³/mol. The Hall–Kier alpha value is -2.20. The summed E-state index contributed by atoms with van der Waals surface area (Å²) in [7, 11) is 0. The normalized spacial score (nSPS) is 14.2. The number of hydrogen-bond donors (Lipinski definition) is 3. The Kier molecular flexibility index (Phi) is 10.9. The van der Waals surface area contributed by atoms with Gasteiger partial charge < -0.3 is 30.0 Å². The molecule has 3 N–H and O–H groups in total. The molecule has 0 saturated heterocycles. The molecule has 8 heteroatoms. The largest absolute Gasteiger partial charge is 0.491 e. The van der Waals surface area contributed by atoms with Crippen molar-refractivity contribution in [3.63, 3.8) is 0 Å². The number of benzene rings is 2. The number of halogens is 1. The zero-order chi connectivity index (χ0) is 22.1. The SMILES string of the molecule is CCNC(=NCc1ccc2c(c1)OCCCO2)NCC(O)c1ccc(OC(C)C)cc1.I. The lowest BCUT2D eigenvalue weighted by molar-refractivity contribution is 0.180. The molecule has 0 saturated carbocycles. The van der Waals surface area contributed by atoms with E-state index in [1.54, 1.807) is 0 Å². The predicted octanol–water partition coefficient (Wildman–Crippen LogP) is 4.04. The van der Waals surface area contributed by atoms with Crippen LogP contribution in [0.25, 0.3) is 0 Å². The molecule has 0 radical (unpaired) electrons. The number of rotatable bonds is 8. The van der Waals surface area contributed by atoms with Gasteiger partial charge in [-0.2, -0.15) is 0 Å². The fourth-order valence-corrected chi connectivity index (χ4v) is 3.17. The summed E-state index contributed by atoms with van der Waals surface area (Å²) in [6.07, 6.45) is 0.344. The lowest BCUT2D eigenvalue weighted by atomic mass is 10.1. The van der Waals surface area contributed by atoms with Gasteiger partial charge >= 0.3 is 0 Å². The van der Waals surface area contributed by atoms with Crippen LogP contribution in [0.1, 0.15) is 44.4 Å². The zero-order valence-corrected chi connectivity index (χ0v) is 21.3. The van der Waals surface area contributed by atoms with Crippen molar-refractivity contribution in [2.75, 3.05) is 26.3 Å². The van der Waals surface area contributed by atoms with Gasteiger partial charge in [-0.3, -0.25) is 0 Å². The highest BCUT2D eigenvalue weighted by molar-refractivity contribution is 14.0.